The Labute approximate surface area is 161 Å². The van der Waals surface area contributed by atoms with Crippen LogP contribution in [0.25, 0.3) is 11.0 Å². The smallest absolute Gasteiger partial charge is 0.404 e. The third-order valence-corrected chi connectivity index (χ3v) is 4.27. The third kappa shape index (κ3) is 4.09. The van der Waals surface area contributed by atoms with Gasteiger partial charge in [-0.2, -0.15) is 0 Å². The van der Waals surface area contributed by atoms with Gasteiger partial charge in [0, 0.05) is 22.0 Å². The van der Waals surface area contributed by atoms with Gasteiger partial charge in [-0.3, -0.25) is 9.59 Å². The number of nitrogens with two attached hydrogens (primary N) is 1. The van der Waals surface area contributed by atoms with Crippen LogP contribution in [0.4, 0.5) is 10.5 Å². The number of anilines is 1. The van der Waals surface area contributed by atoms with Gasteiger partial charge in [-0.1, -0.05) is 28.1 Å². The number of nitrogens with one attached hydrogen (secondary N) is 2. The number of carboxylic acid groups (broad SMARTS) is 1. The summed E-state index contributed by atoms with van der Waals surface area (Å²) < 4.78 is 6.20. The van der Waals surface area contributed by atoms with Crippen molar-refractivity contribution in [3.8, 4) is 0 Å². The molecule has 0 radical (unpaired) electrons. The zero-order valence-corrected chi connectivity index (χ0v) is 15.4. The van der Waals surface area contributed by atoms with Gasteiger partial charge in [0.25, 0.3) is 11.8 Å². The average molecular weight is 432 g/mol. The lowest BCUT2D eigenvalue weighted by molar-refractivity contribution is 0.0977. The molecule has 1 heterocycles. The topological polar surface area (TPSA) is 135 Å². The van der Waals surface area contributed by atoms with Crippen LogP contribution in [0, 0.1) is 0 Å². The maximum Gasteiger partial charge on any atom is 0.404 e. The molecule has 0 aliphatic heterocycles. The summed E-state index contributed by atoms with van der Waals surface area (Å²) in [6.07, 6.45) is -1.13. The van der Waals surface area contributed by atoms with E-state index in [-0.39, 0.29) is 18.0 Å². The van der Waals surface area contributed by atoms with Crippen molar-refractivity contribution in [1.82, 2.24) is 5.32 Å². The van der Waals surface area contributed by atoms with Gasteiger partial charge in [-0.25, -0.2) is 4.79 Å². The molecule has 0 saturated carbocycles. The monoisotopic (exact) mass is 431 g/mol. The van der Waals surface area contributed by atoms with Crippen molar-refractivity contribution in [3.63, 3.8) is 0 Å². The van der Waals surface area contributed by atoms with Gasteiger partial charge in [-0.05, 0) is 35.9 Å². The van der Waals surface area contributed by atoms with E-state index in [2.05, 4.69) is 26.6 Å². The van der Waals surface area contributed by atoms with E-state index >= 15 is 0 Å². The molecule has 3 rings (SSSR count). The second-order valence-corrected chi connectivity index (χ2v) is 6.54. The van der Waals surface area contributed by atoms with Crippen LogP contribution in [0.3, 0.4) is 0 Å². The zero-order chi connectivity index (χ0) is 19.6. The van der Waals surface area contributed by atoms with Crippen molar-refractivity contribution in [2.75, 3.05) is 5.32 Å². The highest BCUT2D eigenvalue weighted by molar-refractivity contribution is 9.10. The third-order valence-electron chi connectivity index (χ3n) is 3.77. The fourth-order valence-corrected chi connectivity index (χ4v) is 2.87. The number of hydrogen-bond donors (Lipinski definition) is 4. The number of hydrogen-bond acceptors (Lipinski definition) is 4. The number of primary amides is 1. The summed E-state index contributed by atoms with van der Waals surface area (Å²) in [6, 6.07) is 11.5. The number of fused-ring (bicyclic) bond motifs is 1. The van der Waals surface area contributed by atoms with Crippen LogP contribution in [0.15, 0.2) is 51.4 Å². The summed E-state index contributed by atoms with van der Waals surface area (Å²) in [7, 11) is 0. The highest BCUT2D eigenvalue weighted by atomic mass is 79.9. The van der Waals surface area contributed by atoms with Gasteiger partial charge in [0.1, 0.15) is 11.3 Å². The lowest BCUT2D eigenvalue weighted by atomic mass is 10.1. The predicted octanol–water partition coefficient (Wildman–Crippen LogP) is 3.31. The Bertz CT molecular complexity index is 1040. The summed E-state index contributed by atoms with van der Waals surface area (Å²) in [4.78, 5) is 34.8. The van der Waals surface area contributed by atoms with Crippen molar-refractivity contribution in [1.29, 1.82) is 0 Å². The van der Waals surface area contributed by atoms with Crippen LogP contribution in [0.1, 0.15) is 26.5 Å². The van der Waals surface area contributed by atoms with Gasteiger partial charge >= 0.3 is 6.09 Å². The Morgan fingerprint density at radius 3 is 2.44 bits per heavy atom. The quantitative estimate of drug-likeness (QED) is 0.491. The molecule has 8 nitrogen and oxygen atoms in total. The molecule has 0 saturated heterocycles. The van der Waals surface area contributed by atoms with E-state index in [0.29, 0.717) is 22.1 Å². The lowest BCUT2D eigenvalue weighted by Gasteiger charge is -2.07. The summed E-state index contributed by atoms with van der Waals surface area (Å²) in [5.74, 6) is -1.40. The SMILES string of the molecule is NC(=O)c1oc2ccc(Br)cc2c1NC(=O)c1ccc(CNC(=O)O)cc1. The van der Waals surface area contributed by atoms with E-state index in [1.54, 1.807) is 42.5 Å². The molecule has 9 heteroatoms. The van der Waals surface area contributed by atoms with Crippen molar-refractivity contribution in [2.45, 2.75) is 6.54 Å². The van der Waals surface area contributed by atoms with Crippen LogP contribution >= 0.6 is 15.9 Å². The Hall–Kier alpha value is -3.33. The number of carbonyl (C=O) groups is 3. The first kappa shape index (κ1) is 18.5. The predicted molar refractivity (Wildman–Crippen MR) is 102 cm³/mol. The summed E-state index contributed by atoms with van der Waals surface area (Å²) >= 11 is 3.34. The first-order valence-electron chi connectivity index (χ1n) is 7.74. The number of benzene rings is 2. The van der Waals surface area contributed by atoms with E-state index < -0.39 is 17.9 Å². The van der Waals surface area contributed by atoms with Crippen molar-refractivity contribution in [3.05, 3.63) is 63.8 Å². The molecule has 0 aliphatic carbocycles. The first-order chi connectivity index (χ1) is 12.8. The normalized spacial score (nSPS) is 10.6. The van der Waals surface area contributed by atoms with Crippen molar-refractivity contribution in [2.24, 2.45) is 5.73 Å². The van der Waals surface area contributed by atoms with Crippen molar-refractivity contribution < 1.29 is 23.9 Å². The highest BCUT2D eigenvalue weighted by Gasteiger charge is 2.21. The molecule has 0 fully saturated rings. The minimum atomic E-state index is -1.13. The van der Waals surface area contributed by atoms with E-state index in [4.69, 9.17) is 15.3 Å². The minimum absolute atomic E-state index is 0.128. The number of amides is 3. The molecule has 2 aromatic carbocycles. The van der Waals surface area contributed by atoms with E-state index in [1.165, 1.54) is 0 Å². The fourth-order valence-electron chi connectivity index (χ4n) is 2.50. The number of halogens is 1. The minimum Gasteiger partial charge on any atom is -0.465 e. The number of carbonyl (C=O) groups excluding carboxylic acids is 2. The summed E-state index contributed by atoms with van der Waals surface area (Å²) in [5, 5.41) is 14.1. The largest absolute Gasteiger partial charge is 0.465 e. The maximum absolute atomic E-state index is 12.6. The molecule has 0 unspecified atom stereocenters. The van der Waals surface area contributed by atoms with Gasteiger partial charge in [-0.15, -0.1) is 0 Å². The molecule has 138 valence electrons. The second-order valence-electron chi connectivity index (χ2n) is 5.62. The standard InChI is InChI=1S/C18H14BrN3O5/c19-11-5-6-13-12(7-11)14(15(27-13)16(20)23)22-17(24)10-3-1-9(2-4-10)8-21-18(25)26/h1-7,21H,8H2,(H2,20,23)(H,22,24)(H,25,26). The molecule has 1 aromatic heterocycles. The van der Waals surface area contributed by atoms with Crippen LogP contribution in [-0.2, 0) is 6.54 Å². The second kappa shape index (κ2) is 7.50. The maximum atomic E-state index is 12.6. The number of rotatable bonds is 5. The highest BCUT2D eigenvalue weighted by Crippen LogP contribution is 2.33. The Balaban J connectivity index is 1.87. The van der Waals surface area contributed by atoms with E-state index in [9.17, 15) is 14.4 Å². The van der Waals surface area contributed by atoms with E-state index in [1.807, 2.05) is 0 Å². The van der Waals surface area contributed by atoms with Crippen LogP contribution in [0.2, 0.25) is 0 Å². The van der Waals surface area contributed by atoms with Crippen LogP contribution in [0.5, 0.6) is 0 Å². The lowest BCUT2D eigenvalue weighted by Crippen LogP contribution is -2.20. The summed E-state index contributed by atoms with van der Waals surface area (Å²) in [6.45, 7) is 0.128. The summed E-state index contributed by atoms with van der Waals surface area (Å²) in [5.41, 5.74) is 6.99. The molecule has 0 atom stereocenters. The fraction of sp³-hybridized carbons (Fsp3) is 0.0556. The molecular formula is C18H14BrN3O5. The molecule has 0 spiro atoms. The molecule has 5 N–H and O–H groups in total. The van der Waals surface area contributed by atoms with Crippen LogP contribution < -0.4 is 16.4 Å². The zero-order valence-electron chi connectivity index (χ0n) is 13.8. The van der Waals surface area contributed by atoms with Crippen molar-refractivity contribution >= 4 is 50.5 Å². The Morgan fingerprint density at radius 1 is 1.11 bits per heavy atom. The van der Waals surface area contributed by atoms with Gasteiger partial charge in [0.15, 0.2) is 0 Å². The molecule has 27 heavy (non-hydrogen) atoms. The van der Waals surface area contributed by atoms with E-state index in [0.717, 1.165) is 4.47 Å². The van der Waals surface area contributed by atoms with Gasteiger partial charge in [0.2, 0.25) is 5.76 Å². The molecule has 3 amide bonds. The van der Waals surface area contributed by atoms with Crippen LogP contribution in [-0.4, -0.2) is 23.0 Å². The first-order valence-corrected chi connectivity index (χ1v) is 8.53. The average Bonchev–Trinajstić information content (AvgIpc) is 2.98. The Morgan fingerprint density at radius 2 is 1.81 bits per heavy atom. The number of furan rings is 1. The van der Waals surface area contributed by atoms with Gasteiger partial charge in [0.05, 0.1) is 0 Å². The van der Waals surface area contributed by atoms with Gasteiger partial charge < -0.3 is 25.9 Å². The molecule has 0 bridgehead atoms. The Kier molecular flexibility index (Phi) is 5.13. The molecule has 3 aromatic rings. The molecule has 0 aliphatic rings. The molecular weight excluding hydrogens is 418 g/mol.